The molecule has 194 valence electrons. The van der Waals surface area contributed by atoms with Gasteiger partial charge in [0.25, 0.3) is 5.91 Å². The summed E-state index contributed by atoms with van der Waals surface area (Å²) in [6.07, 6.45) is 4.44. The van der Waals surface area contributed by atoms with Crippen molar-refractivity contribution in [1.29, 1.82) is 0 Å². The molecular weight excluding hydrogens is 468 g/mol. The van der Waals surface area contributed by atoms with Crippen LogP contribution < -0.4 is 16.0 Å². The Bertz CT molecular complexity index is 1220. The van der Waals surface area contributed by atoms with Gasteiger partial charge in [0, 0.05) is 18.4 Å². The first kappa shape index (κ1) is 26.1. The number of amides is 2. The van der Waals surface area contributed by atoms with Gasteiger partial charge in [-0.05, 0) is 77.0 Å². The first-order valence-electron chi connectivity index (χ1n) is 12.4. The largest absolute Gasteiger partial charge is 0.444 e. The number of nitrogens with zero attached hydrogens (tertiary/aromatic N) is 3. The number of rotatable bonds is 6. The molecule has 3 N–H and O–H groups in total. The summed E-state index contributed by atoms with van der Waals surface area (Å²) in [6.45, 7) is 7.43. The minimum atomic E-state index is -0.655. The van der Waals surface area contributed by atoms with Crippen LogP contribution in [0.5, 0.6) is 0 Å². The maximum atomic E-state index is 13.1. The maximum Gasteiger partial charge on any atom is 0.412 e. The SMILES string of the molecule is CN1CCC(Nc2ncc(C(=O)Nc3cc(-c4ccccc4)ccc3NC(=O)OC(C)(C)C)cn2)CC1. The molecule has 2 heterocycles. The third-order valence-electron chi connectivity index (χ3n) is 5.98. The fraction of sp³-hybridized carbons (Fsp3) is 0.357. The Morgan fingerprint density at radius 3 is 2.24 bits per heavy atom. The molecule has 1 fully saturated rings. The van der Waals surface area contributed by atoms with Crippen LogP contribution in [0, 0.1) is 0 Å². The number of benzene rings is 2. The molecule has 37 heavy (non-hydrogen) atoms. The topological polar surface area (TPSA) is 108 Å². The molecule has 4 rings (SSSR count). The zero-order chi connectivity index (χ0) is 26.4. The number of nitrogens with one attached hydrogen (secondary N) is 3. The lowest BCUT2D eigenvalue weighted by Crippen LogP contribution is -2.37. The Morgan fingerprint density at radius 1 is 0.919 bits per heavy atom. The number of ether oxygens (including phenoxy) is 1. The fourth-order valence-electron chi connectivity index (χ4n) is 4.03. The van der Waals surface area contributed by atoms with E-state index in [1.165, 1.54) is 12.4 Å². The van der Waals surface area contributed by atoms with Crippen molar-refractivity contribution in [3.8, 4) is 11.1 Å². The van der Waals surface area contributed by atoms with Crippen LogP contribution in [0.15, 0.2) is 60.9 Å². The summed E-state index contributed by atoms with van der Waals surface area (Å²) in [6, 6.07) is 15.5. The summed E-state index contributed by atoms with van der Waals surface area (Å²) < 4.78 is 5.39. The molecule has 1 aromatic heterocycles. The van der Waals surface area contributed by atoms with Crippen molar-refractivity contribution in [3.05, 3.63) is 66.5 Å². The van der Waals surface area contributed by atoms with Crippen LogP contribution in [-0.4, -0.2) is 58.6 Å². The molecule has 9 nitrogen and oxygen atoms in total. The first-order valence-corrected chi connectivity index (χ1v) is 12.4. The molecule has 0 spiro atoms. The van der Waals surface area contributed by atoms with E-state index in [0.717, 1.165) is 37.1 Å². The molecular formula is C28H34N6O3. The van der Waals surface area contributed by atoms with Crippen molar-refractivity contribution >= 4 is 29.3 Å². The van der Waals surface area contributed by atoms with E-state index < -0.39 is 11.7 Å². The zero-order valence-corrected chi connectivity index (χ0v) is 21.7. The van der Waals surface area contributed by atoms with Crippen molar-refractivity contribution in [2.24, 2.45) is 0 Å². The predicted octanol–water partition coefficient (Wildman–Crippen LogP) is 5.25. The normalized spacial score (nSPS) is 14.6. The number of aromatic nitrogens is 2. The van der Waals surface area contributed by atoms with E-state index in [9.17, 15) is 9.59 Å². The zero-order valence-electron chi connectivity index (χ0n) is 21.7. The van der Waals surface area contributed by atoms with Gasteiger partial charge in [-0.3, -0.25) is 10.1 Å². The third-order valence-corrected chi connectivity index (χ3v) is 5.98. The number of likely N-dealkylation sites (tertiary alicyclic amines) is 1. The lowest BCUT2D eigenvalue weighted by atomic mass is 10.0. The van der Waals surface area contributed by atoms with Crippen LogP contribution in [0.3, 0.4) is 0 Å². The maximum absolute atomic E-state index is 13.1. The van der Waals surface area contributed by atoms with Crippen LogP contribution in [0.4, 0.5) is 22.1 Å². The number of carbonyl (C=O) groups is 2. The molecule has 0 unspecified atom stereocenters. The summed E-state index contributed by atoms with van der Waals surface area (Å²) in [5.74, 6) is 0.118. The molecule has 0 bridgehead atoms. The van der Waals surface area contributed by atoms with Crippen LogP contribution >= 0.6 is 0 Å². The molecule has 9 heteroatoms. The monoisotopic (exact) mass is 502 g/mol. The molecule has 1 aliphatic heterocycles. The first-order chi connectivity index (χ1) is 17.7. The molecule has 0 saturated carbocycles. The molecule has 1 aliphatic rings. The average Bonchev–Trinajstić information content (AvgIpc) is 2.86. The van der Waals surface area contributed by atoms with Gasteiger partial charge in [0.15, 0.2) is 0 Å². The second-order valence-electron chi connectivity index (χ2n) is 10.2. The number of hydrogen-bond donors (Lipinski definition) is 3. The quantitative estimate of drug-likeness (QED) is 0.422. The Kier molecular flexibility index (Phi) is 8.03. The van der Waals surface area contributed by atoms with E-state index >= 15 is 0 Å². The van der Waals surface area contributed by atoms with Crippen molar-refractivity contribution in [1.82, 2.24) is 14.9 Å². The smallest absolute Gasteiger partial charge is 0.412 e. The molecule has 2 amide bonds. The average molecular weight is 503 g/mol. The minimum absolute atomic E-state index is 0.308. The molecule has 0 radical (unpaired) electrons. The highest BCUT2D eigenvalue weighted by Gasteiger charge is 2.20. The summed E-state index contributed by atoms with van der Waals surface area (Å²) in [7, 11) is 2.12. The van der Waals surface area contributed by atoms with E-state index in [0.29, 0.717) is 28.9 Å². The standard InChI is InChI=1S/C28H34N6O3/c1-28(2,3)37-27(36)33-23-11-10-20(19-8-6-5-7-9-19)16-24(23)32-25(35)21-17-29-26(30-18-21)31-22-12-14-34(4)15-13-22/h5-11,16-18,22H,12-15H2,1-4H3,(H,32,35)(H,33,36)(H,29,30,31). The Balaban J connectivity index is 1.51. The highest BCUT2D eigenvalue weighted by Crippen LogP contribution is 2.30. The number of hydrogen-bond acceptors (Lipinski definition) is 7. The van der Waals surface area contributed by atoms with Gasteiger partial charge in [-0.15, -0.1) is 0 Å². The number of piperidine rings is 1. The summed E-state index contributed by atoms with van der Waals surface area (Å²) >= 11 is 0. The Labute approximate surface area is 217 Å². The van der Waals surface area contributed by atoms with Gasteiger partial charge in [-0.2, -0.15) is 0 Å². The van der Waals surface area contributed by atoms with Gasteiger partial charge in [0.2, 0.25) is 5.95 Å². The third kappa shape index (κ3) is 7.50. The Morgan fingerprint density at radius 2 is 1.59 bits per heavy atom. The van der Waals surface area contributed by atoms with Gasteiger partial charge < -0.3 is 20.3 Å². The van der Waals surface area contributed by atoms with Crippen molar-refractivity contribution in [2.45, 2.75) is 45.3 Å². The van der Waals surface area contributed by atoms with Gasteiger partial charge in [-0.25, -0.2) is 14.8 Å². The van der Waals surface area contributed by atoms with E-state index in [2.05, 4.69) is 37.9 Å². The molecule has 1 saturated heterocycles. The molecule has 3 aromatic rings. The van der Waals surface area contributed by atoms with E-state index in [-0.39, 0.29) is 5.91 Å². The number of carbonyl (C=O) groups excluding carboxylic acids is 2. The van der Waals surface area contributed by atoms with Crippen molar-refractivity contribution < 1.29 is 14.3 Å². The van der Waals surface area contributed by atoms with E-state index in [1.807, 2.05) is 42.5 Å². The van der Waals surface area contributed by atoms with Crippen molar-refractivity contribution in [3.63, 3.8) is 0 Å². The van der Waals surface area contributed by atoms with Gasteiger partial charge in [-0.1, -0.05) is 36.4 Å². The summed E-state index contributed by atoms with van der Waals surface area (Å²) in [5, 5.41) is 8.99. The highest BCUT2D eigenvalue weighted by molar-refractivity contribution is 6.07. The van der Waals surface area contributed by atoms with E-state index in [1.54, 1.807) is 26.8 Å². The molecule has 0 atom stereocenters. The summed E-state index contributed by atoms with van der Waals surface area (Å²) in [5.41, 5.74) is 2.38. The predicted molar refractivity (Wildman–Crippen MR) is 146 cm³/mol. The highest BCUT2D eigenvalue weighted by atomic mass is 16.6. The molecule has 2 aromatic carbocycles. The fourth-order valence-corrected chi connectivity index (χ4v) is 4.03. The minimum Gasteiger partial charge on any atom is -0.444 e. The van der Waals surface area contributed by atoms with Crippen LogP contribution in [0.2, 0.25) is 0 Å². The van der Waals surface area contributed by atoms with E-state index in [4.69, 9.17) is 4.74 Å². The second-order valence-corrected chi connectivity index (χ2v) is 10.2. The van der Waals surface area contributed by atoms with Gasteiger partial charge >= 0.3 is 6.09 Å². The van der Waals surface area contributed by atoms with Crippen LogP contribution in [0.1, 0.15) is 44.0 Å². The summed E-state index contributed by atoms with van der Waals surface area (Å²) in [4.78, 5) is 36.5. The lowest BCUT2D eigenvalue weighted by molar-refractivity contribution is 0.0635. The lowest BCUT2D eigenvalue weighted by Gasteiger charge is -2.29. The van der Waals surface area contributed by atoms with Crippen LogP contribution in [0.25, 0.3) is 11.1 Å². The van der Waals surface area contributed by atoms with Crippen molar-refractivity contribution in [2.75, 3.05) is 36.1 Å². The number of anilines is 3. The molecule has 0 aliphatic carbocycles. The van der Waals surface area contributed by atoms with Gasteiger partial charge in [0.05, 0.1) is 16.9 Å². The van der Waals surface area contributed by atoms with Crippen LogP contribution in [-0.2, 0) is 4.74 Å². The van der Waals surface area contributed by atoms with Gasteiger partial charge in [0.1, 0.15) is 5.60 Å². The Hall–Kier alpha value is -3.98. The second kappa shape index (κ2) is 11.4.